The minimum Gasteiger partial charge on any atom is -0.399 e. The Kier molecular flexibility index (Phi) is 1.58. The quantitative estimate of drug-likeness (QED) is 0.455. The van der Waals surface area contributed by atoms with E-state index in [1.165, 1.54) is 0 Å². The van der Waals surface area contributed by atoms with E-state index in [1.54, 1.807) is 6.07 Å². The predicted octanol–water partition coefficient (Wildman–Crippen LogP) is 1.04. The highest BCUT2D eigenvalue weighted by atomic mass is 16.3. The third-order valence-corrected chi connectivity index (χ3v) is 2.57. The first-order valence-electron chi connectivity index (χ1n) is 4.25. The number of aliphatic hydroxyl groups is 1. The fraction of sp³-hybridized carbons (Fsp3) is 0.273. The number of nitrogens with two attached hydrogens (primary N) is 1. The molecule has 2 nitrogen and oxygen atoms in total. The van der Waals surface area contributed by atoms with Crippen LogP contribution in [0.25, 0.3) is 0 Å². The van der Waals surface area contributed by atoms with Crippen molar-refractivity contribution in [3.63, 3.8) is 0 Å². The Balaban J connectivity index is 2.57. The highest BCUT2D eigenvalue weighted by Crippen LogP contribution is 2.36. The highest BCUT2D eigenvalue weighted by molar-refractivity contribution is 5.51. The Morgan fingerprint density at radius 3 is 3.00 bits per heavy atom. The molecule has 2 rings (SSSR count). The molecule has 2 heteroatoms. The number of hydrogen-bond acceptors (Lipinski definition) is 2. The molecule has 1 atom stereocenters. The first-order chi connectivity index (χ1) is 6.15. The smallest absolute Gasteiger partial charge is 0.151 e. The average Bonchev–Trinajstić information content (AvgIpc) is 2.45. The van der Waals surface area contributed by atoms with Crippen molar-refractivity contribution in [1.29, 1.82) is 0 Å². The second-order valence-corrected chi connectivity index (χ2v) is 3.42. The molecule has 1 unspecified atom stereocenters. The van der Waals surface area contributed by atoms with E-state index in [0.717, 1.165) is 23.2 Å². The lowest BCUT2D eigenvalue weighted by molar-refractivity contribution is 0.103. The minimum atomic E-state index is -1.07. The van der Waals surface area contributed by atoms with Gasteiger partial charge < -0.3 is 10.8 Å². The third kappa shape index (κ3) is 1.09. The molecule has 1 aromatic carbocycles. The van der Waals surface area contributed by atoms with Crippen molar-refractivity contribution in [2.75, 3.05) is 5.73 Å². The van der Waals surface area contributed by atoms with E-state index in [4.69, 9.17) is 12.2 Å². The van der Waals surface area contributed by atoms with E-state index >= 15 is 0 Å². The summed E-state index contributed by atoms with van der Waals surface area (Å²) in [7, 11) is 0. The second kappa shape index (κ2) is 2.51. The molecule has 0 spiro atoms. The topological polar surface area (TPSA) is 46.2 Å². The second-order valence-electron chi connectivity index (χ2n) is 3.42. The van der Waals surface area contributed by atoms with Crippen molar-refractivity contribution in [1.82, 2.24) is 0 Å². The van der Waals surface area contributed by atoms with E-state index in [-0.39, 0.29) is 0 Å². The molecule has 13 heavy (non-hydrogen) atoms. The molecule has 0 heterocycles. The maximum atomic E-state index is 9.97. The van der Waals surface area contributed by atoms with Crippen LogP contribution >= 0.6 is 0 Å². The standard InChI is InChI=1S/C11H11NO/c1-2-11(13)6-5-8-7-9(12)3-4-10(8)11/h1,3-4,7,13H,5-6,12H2. The molecular formula is C11H11NO. The van der Waals surface area contributed by atoms with E-state index in [9.17, 15) is 5.11 Å². The number of hydrogen-bond donors (Lipinski definition) is 2. The molecule has 0 amide bonds. The summed E-state index contributed by atoms with van der Waals surface area (Å²) in [4.78, 5) is 0. The van der Waals surface area contributed by atoms with Gasteiger partial charge in [-0.1, -0.05) is 12.0 Å². The van der Waals surface area contributed by atoms with Crippen LogP contribution in [0.2, 0.25) is 0 Å². The maximum Gasteiger partial charge on any atom is 0.151 e. The Labute approximate surface area is 77.4 Å². The van der Waals surface area contributed by atoms with Gasteiger partial charge in [0.25, 0.3) is 0 Å². The predicted molar refractivity (Wildman–Crippen MR) is 51.9 cm³/mol. The first-order valence-corrected chi connectivity index (χ1v) is 4.25. The van der Waals surface area contributed by atoms with E-state index in [2.05, 4.69) is 5.92 Å². The van der Waals surface area contributed by atoms with Crippen LogP contribution in [0.15, 0.2) is 18.2 Å². The molecule has 1 aliphatic carbocycles. The molecule has 66 valence electrons. The van der Waals surface area contributed by atoms with E-state index in [0.29, 0.717) is 6.42 Å². The summed E-state index contributed by atoms with van der Waals surface area (Å²) in [6.07, 6.45) is 6.70. The van der Waals surface area contributed by atoms with Crippen molar-refractivity contribution in [2.24, 2.45) is 0 Å². The van der Waals surface area contributed by atoms with Crippen molar-refractivity contribution in [3.05, 3.63) is 29.3 Å². The summed E-state index contributed by atoms with van der Waals surface area (Å²) in [5.74, 6) is 2.43. The first kappa shape index (κ1) is 8.15. The number of benzene rings is 1. The van der Waals surface area contributed by atoms with Crippen LogP contribution in [0.4, 0.5) is 5.69 Å². The van der Waals surface area contributed by atoms with Gasteiger partial charge in [-0.05, 0) is 36.1 Å². The number of terminal acetylenes is 1. The third-order valence-electron chi connectivity index (χ3n) is 2.57. The van der Waals surface area contributed by atoms with Crippen LogP contribution < -0.4 is 5.73 Å². The lowest BCUT2D eigenvalue weighted by Gasteiger charge is -2.16. The summed E-state index contributed by atoms with van der Waals surface area (Å²) in [6, 6.07) is 5.47. The number of anilines is 1. The Bertz CT molecular complexity index is 392. The normalized spacial score (nSPS) is 25.2. The minimum absolute atomic E-state index is 0.599. The van der Waals surface area contributed by atoms with Crippen LogP contribution in [0.5, 0.6) is 0 Å². The Morgan fingerprint density at radius 2 is 2.31 bits per heavy atom. The van der Waals surface area contributed by atoms with Crippen molar-refractivity contribution >= 4 is 5.69 Å². The van der Waals surface area contributed by atoms with Gasteiger partial charge in [0.05, 0.1) is 0 Å². The van der Waals surface area contributed by atoms with E-state index in [1.807, 2.05) is 12.1 Å². The van der Waals surface area contributed by atoms with Gasteiger partial charge in [-0.25, -0.2) is 0 Å². The molecule has 0 saturated heterocycles. The molecule has 0 saturated carbocycles. The zero-order valence-electron chi connectivity index (χ0n) is 7.25. The summed E-state index contributed by atoms with van der Waals surface area (Å²) < 4.78 is 0. The number of fused-ring (bicyclic) bond motifs is 1. The number of nitrogen functional groups attached to an aromatic ring is 1. The molecule has 1 aromatic rings. The number of aryl methyl sites for hydroxylation is 1. The van der Waals surface area contributed by atoms with Gasteiger partial charge in [-0.3, -0.25) is 0 Å². The molecule has 1 aliphatic rings. The van der Waals surface area contributed by atoms with Gasteiger partial charge in [0, 0.05) is 5.69 Å². The van der Waals surface area contributed by atoms with Gasteiger partial charge in [-0.15, -0.1) is 6.42 Å². The van der Waals surface area contributed by atoms with Gasteiger partial charge >= 0.3 is 0 Å². The maximum absolute atomic E-state index is 9.97. The van der Waals surface area contributed by atoms with Crippen molar-refractivity contribution < 1.29 is 5.11 Å². The van der Waals surface area contributed by atoms with Gasteiger partial charge in [-0.2, -0.15) is 0 Å². The summed E-state index contributed by atoms with van der Waals surface area (Å²) >= 11 is 0. The molecule has 0 bridgehead atoms. The highest BCUT2D eigenvalue weighted by Gasteiger charge is 2.34. The van der Waals surface area contributed by atoms with Gasteiger partial charge in [0.1, 0.15) is 0 Å². The van der Waals surface area contributed by atoms with Crippen molar-refractivity contribution in [2.45, 2.75) is 18.4 Å². The molecule has 0 fully saturated rings. The molecule has 0 radical (unpaired) electrons. The molecule has 0 aromatic heterocycles. The summed E-state index contributed by atoms with van der Waals surface area (Å²) in [6.45, 7) is 0. The Morgan fingerprint density at radius 1 is 1.54 bits per heavy atom. The zero-order chi connectivity index (χ0) is 9.47. The Hall–Kier alpha value is -1.46. The largest absolute Gasteiger partial charge is 0.399 e. The van der Waals surface area contributed by atoms with E-state index < -0.39 is 5.60 Å². The van der Waals surface area contributed by atoms with Crippen LogP contribution in [-0.4, -0.2) is 5.11 Å². The van der Waals surface area contributed by atoms with Crippen LogP contribution in [0.3, 0.4) is 0 Å². The average molecular weight is 173 g/mol. The molecule has 3 N–H and O–H groups in total. The van der Waals surface area contributed by atoms with Gasteiger partial charge in [0.15, 0.2) is 5.60 Å². The van der Waals surface area contributed by atoms with Crippen LogP contribution in [-0.2, 0) is 12.0 Å². The number of rotatable bonds is 0. The molecular weight excluding hydrogens is 162 g/mol. The molecule has 0 aliphatic heterocycles. The SMILES string of the molecule is C#CC1(O)CCc2cc(N)ccc21. The lowest BCUT2D eigenvalue weighted by Crippen LogP contribution is -2.18. The zero-order valence-corrected chi connectivity index (χ0v) is 7.25. The monoisotopic (exact) mass is 173 g/mol. The van der Waals surface area contributed by atoms with Crippen LogP contribution in [0, 0.1) is 12.3 Å². The fourth-order valence-electron chi connectivity index (χ4n) is 1.82. The van der Waals surface area contributed by atoms with Crippen molar-refractivity contribution in [3.8, 4) is 12.3 Å². The fourth-order valence-corrected chi connectivity index (χ4v) is 1.82. The lowest BCUT2D eigenvalue weighted by atomic mass is 9.97. The van der Waals surface area contributed by atoms with Gasteiger partial charge in [0.2, 0.25) is 0 Å². The summed E-state index contributed by atoms with van der Waals surface area (Å²) in [5, 5.41) is 9.97. The van der Waals surface area contributed by atoms with Crippen LogP contribution in [0.1, 0.15) is 17.5 Å². The summed E-state index contributed by atoms with van der Waals surface area (Å²) in [5.41, 5.74) is 7.19.